The van der Waals surface area contributed by atoms with Crippen LogP contribution in [0.1, 0.15) is 25.3 Å². The molecule has 1 saturated heterocycles. The van der Waals surface area contributed by atoms with Crippen molar-refractivity contribution in [1.29, 1.82) is 0 Å². The number of carboxylic acids is 1. The van der Waals surface area contributed by atoms with Gasteiger partial charge >= 0.3 is 5.97 Å². The molecular formula is C17H23NO4. The van der Waals surface area contributed by atoms with Gasteiger partial charge in [-0.05, 0) is 18.4 Å². The first-order valence-corrected chi connectivity index (χ1v) is 7.96. The Morgan fingerprint density at radius 3 is 2.95 bits per heavy atom. The fraction of sp³-hybridized carbons (Fsp3) is 0.588. The summed E-state index contributed by atoms with van der Waals surface area (Å²) in [5.74, 6) is 1.06. The van der Waals surface area contributed by atoms with Crippen LogP contribution in [0.5, 0.6) is 11.5 Å². The topological polar surface area (TPSA) is 59.0 Å². The molecule has 0 amide bonds. The van der Waals surface area contributed by atoms with Gasteiger partial charge in [0.2, 0.25) is 0 Å². The Morgan fingerprint density at radius 1 is 1.32 bits per heavy atom. The second kappa shape index (κ2) is 6.57. The Hall–Kier alpha value is -1.75. The van der Waals surface area contributed by atoms with Gasteiger partial charge in [-0.2, -0.15) is 0 Å². The van der Waals surface area contributed by atoms with Gasteiger partial charge < -0.3 is 14.6 Å². The fourth-order valence-electron chi connectivity index (χ4n) is 3.39. The molecule has 22 heavy (non-hydrogen) atoms. The minimum atomic E-state index is -0.692. The van der Waals surface area contributed by atoms with E-state index in [2.05, 4.69) is 11.8 Å². The number of hydrogen-bond acceptors (Lipinski definition) is 4. The van der Waals surface area contributed by atoms with E-state index in [1.807, 2.05) is 18.2 Å². The van der Waals surface area contributed by atoms with Gasteiger partial charge in [-0.3, -0.25) is 9.69 Å². The summed E-state index contributed by atoms with van der Waals surface area (Å²) in [4.78, 5) is 13.5. The summed E-state index contributed by atoms with van der Waals surface area (Å²) in [7, 11) is 0. The highest BCUT2D eigenvalue weighted by atomic mass is 16.5. The van der Waals surface area contributed by atoms with Crippen molar-refractivity contribution in [1.82, 2.24) is 4.90 Å². The van der Waals surface area contributed by atoms with Crippen LogP contribution in [0.15, 0.2) is 18.2 Å². The SMILES string of the molecule is CC1CC(C(=O)O)CN(Cc2cccc3c2OCCCO3)C1. The molecule has 2 atom stereocenters. The van der Waals surface area contributed by atoms with Crippen molar-refractivity contribution in [3.05, 3.63) is 23.8 Å². The molecule has 0 spiro atoms. The number of fused-ring (bicyclic) bond motifs is 1. The number of carboxylic acid groups (broad SMARTS) is 1. The fourth-order valence-corrected chi connectivity index (χ4v) is 3.39. The van der Waals surface area contributed by atoms with Crippen molar-refractivity contribution in [3.63, 3.8) is 0 Å². The number of likely N-dealkylation sites (tertiary alicyclic amines) is 1. The Labute approximate surface area is 130 Å². The molecule has 0 aromatic heterocycles. The van der Waals surface area contributed by atoms with Crippen LogP contribution in [-0.2, 0) is 11.3 Å². The molecule has 1 fully saturated rings. The van der Waals surface area contributed by atoms with E-state index in [0.29, 0.717) is 32.2 Å². The second-order valence-electron chi connectivity index (χ2n) is 6.36. The average molecular weight is 305 g/mol. The lowest BCUT2D eigenvalue weighted by Crippen LogP contribution is -2.42. The van der Waals surface area contributed by atoms with Crippen molar-refractivity contribution >= 4 is 5.97 Å². The van der Waals surface area contributed by atoms with Crippen LogP contribution in [0.2, 0.25) is 0 Å². The van der Waals surface area contributed by atoms with Gasteiger partial charge in [0.05, 0.1) is 19.1 Å². The van der Waals surface area contributed by atoms with Crippen molar-refractivity contribution in [3.8, 4) is 11.5 Å². The van der Waals surface area contributed by atoms with Crippen molar-refractivity contribution in [2.75, 3.05) is 26.3 Å². The Bertz CT molecular complexity index is 545. The third-order valence-electron chi connectivity index (χ3n) is 4.33. The van der Waals surface area contributed by atoms with Gasteiger partial charge in [0, 0.05) is 31.6 Å². The Morgan fingerprint density at radius 2 is 2.14 bits per heavy atom. The molecule has 1 N–H and O–H groups in total. The first-order chi connectivity index (χ1) is 10.6. The maximum absolute atomic E-state index is 11.3. The molecule has 2 unspecified atom stereocenters. The summed E-state index contributed by atoms with van der Waals surface area (Å²) in [6, 6.07) is 5.95. The molecule has 1 aromatic rings. The van der Waals surface area contributed by atoms with Crippen molar-refractivity contribution in [2.45, 2.75) is 26.3 Å². The lowest BCUT2D eigenvalue weighted by atomic mass is 9.90. The summed E-state index contributed by atoms with van der Waals surface area (Å²) in [6.45, 7) is 5.70. The molecule has 0 aliphatic carbocycles. The smallest absolute Gasteiger partial charge is 0.307 e. The molecule has 0 bridgehead atoms. The lowest BCUT2D eigenvalue weighted by Gasteiger charge is -2.34. The number of para-hydroxylation sites is 1. The van der Waals surface area contributed by atoms with Gasteiger partial charge in [-0.15, -0.1) is 0 Å². The van der Waals surface area contributed by atoms with Crippen LogP contribution in [-0.4, -0.2) is 42.3 Å². The lowest BCUT2D eigenvalue weighted by molar-refractivity contribution is -0.144. The number of nitrogens with zero attached hydrogens (tertiary/aromatic N) is 1. The number of benzene rings is 1. The van der Waals surface area contributed by atoms with E-state index in [-0.39, 0.29) is 5.92 Å². The monoisotopic (exact) mass is 305 g/mol. The molecule has 2 heterocycles. The number of carbonyl (C=O) groups is 1. The quantitative estimate of drug-likeness (QED) is 0.929. The summed E-state index contributed by atoms with van der Waals surface area (Å²) < 4.78 is 11.6. The number of rotatable bonds is 3. The normalized spacial score (nSPS) is 25.5. The Kier molecular flexibility index (Phi) is 4.52. The zero-order chi connectivity index (χ0) is 15.5. The summed E-state index contributed by atoms with van der Waals surface area (Å²) in [6.07, 6.45) is 1.65. The molecule has 0 saturated carbocycles. The highest BCUT2D eigenvalue weighted by molar-refractivity contribution is 5.70. The van der Waals surface area contributed by atoms with Crippen LogP contribution in [0, 0.1) is 11.8 Å². The predicted molar refractivity (Wildman–Crippen MR) is 82.2 cm³/mol. The average Bonchev–Trinajstić information content (AvgIpc) is 2.72. The van der Waals surface area contributed by atoms with Gasteiger partial charge in [-0.1, -0.05) is 19.1 Å². The number of ether oxygens (including phenoxy) is 2. The van der Waals surface area contributed by atoms with Crippen LogP contribution >= 0.6 is 0 Å². The highest BCUT2D eigenvalue weighted by Gasteiger charge is 2.30. The van der Waals surface area contributed by atoms with E-state index < -0.39 is 5.97 Å². The van der Waals surface area contributed by atoms with Gasteiger partial charge in [-0.25, -0.2) is 0 Å². The summed E-state index contributed by atoms with van der Waals surface area (Å²) in [5.41, 5.74) is 1.08. The van der Waals surface area contributed by atoms with Gasteiger partial charge in [0.25, 0.3) is 0 Å². The number of hydrogen-bond donors (Lipinski definition) is 1. The van der Waals surface area contributed by atoms with Crippen LogP contribution in [0.25, 0.3) is 0 Å². The molecule has 0 radical (unpaired) electrons. The van der Waals surface area contributed by atoms with E-state index in [1.54, 1.807) is 0 Å². The summed E-state index contributed by atoms with van der Waals surface area (Å²) >= 11 is 0. The molecule has 2 aliphatic heterocycles. The zero-order valence-electron chi connectivity index (χ0n) is 13.0. The molecular weight excluding hydrogens is 282 g/mol. The molecule has 5 nitrogen and oxygen atoms in total. The maximum Gasteiger partial charge on any atom is 0.307 e. The van der Waals surface area contributed by atoms with Gasteiger partial charge in [0.1, 0.15) is 0 Å². The van der Waals surface area contributed by atoms with E-state index in [9.17, 15) is 9.90 Å². The van der Waals surface area contributed by atoms with Crippen LogP contribution in [0.4, 0.5) is 0 Å². The van der Waals surface area contributed by atoms with Crippen LogP contribution in [0.3, 0.4) is 0 Å². The standard InChI is InChI=1S/C17H23NO4/c1-12-8-14(17(19)20)11-18(9-12)10-13-4-2-5-15-16(13)22-7-3-6-21-15/h2,4-5,12,14H,3,6-11H2,1H3,(H,19,20). The molecule has 3 rings (SSSR count). The third kappa shape index (κ3) is 3.35. The minimum absolute atomic E-state index is 0.275. The molecule has 1 aromatic carbocycles. The largest absolute Gasteiger partial charge is 0.490 e. The van der Waals surface area contributed by atoms with E-state index in [0.717, 1.165) is 36.4 Å². The predicted octanol–water partition coefficient (Wildman–Crippen LogP) is 2.39. The number of aliphatic carboxylic acids is 1. The minimum Gasteiger partial charge on any atom is -0.490 e. The van der Waals surface area contributed by atoms with E-state index in [1.165, 1.54) is 0 Å². The third-order valence-corrected chi connectivity index (χ3v) is 4.33. The zero-order valence-corrected chi connectivity index (χ0v) is 13.0. The first-order valence-electron chi connectivity index (χ1n) is 7.96. The van der Waals surface area contributed by atoms with Crippen LogP contribution < -0.4 is 9.47 Å². The van der Waals surface area contributed by atoms with E-state index in [4.69, 9.17) is 9.47 Å². The van der Waals surface area contributed by atoms with Gasteiger partial charge in [0.15, 0.2) is 11.5 Å². The molecule has 5 heteroatoms. The first kappa shape index (κ1) is 15.2. The molecule has 120 valence electrons. The van der Waals surface area contributed by atoms with E-state index >= 15 is 0 Å². The van der Waals surface area contributed by atoms with Crippen molar-refractivity contribution < 1.29 is 19.4 Å². The summed E-state index contributed by atoms with van der Waals surface area (Å²) in [5, 5.41) is 9.30. The maximum atomic E-state index is 11.3. The Balaban J connectivity index is 1.76. The highest BCUT2D eigenvalue weighted by Crippen LogP contribution is 2.35. The van der Waals surface area contributed by atoms with Crippen molar-refractivity contribution in [2.24, 2.45) is 11.8 Å². The molecule has 2 aliphatic rings. The number of piperidine rings is 1. The second-order valence-corrected chi connectivity index (χ2v) is 6.36.